The van der Waals surface area contributed by atoms with Gasteiger partial charge in [0.2, 0.25) is 5.91 Å². The molecule has 0 saturated heterocycles. The van der Waals surface area contributed by atoms with E-state index in [1.54, 1.807) is 0 Å². The summed E-state index contributed by atoms with van der Waals surface area (Å²) in [5, 5.41) is 15.1. The highest BCUT2D eigenvalue weighted by molar-refractivity contribution is 5.91. The number of fused-ring (bicyclic) bond motifs is 1. The van der Waals surface area contributed by atoms with Crippen molar-refractivity contribution in [3.05, 3.63) is 70.5 Å². The summed E-state index contributed by atoms with van der Waals surface area (Å²) < 4.78 is 82.3. The second-order valence-corrected chi connectivity index (χ2v) is 7.18. The van der Waals surface area contributed by atoms with Crippen molar-refractivity contribution in [1.82, 2.24) is 5.32 Å². The number of benzene rings is 2. The molecule has 0 saturated carbocycles. The van der Waals surface area contributed by atoms with E-state index in [0.717, 1.165) is 31.2 Å². The van der Waals surface area contributed by atoms with E-state index in [0.29, 0.717) is 12.1 Å². The van der Waals surface area contributed by atoms with Gasteiger partial charge in [-0.05, 0) is 38.1 Å². The normalized spacial score (nSPS) is 18.2. The number of aliphatic hydroxyl groups excluding tert-OH is 1. The van der Waals surface area contributed by atoms with Gasteiger partial charge in [0.05, 0.1) is 17.5 Å². The number of rotatable bonds is 4. The van der Waals surface area contributed by atoms with Crippen molar-refractivity contribution in [3.63, 3.8) is 0 Å². The Morgan fingerprint density at radius 3 is 2.29 bits per heavy atom. The predicted molar refractivity (Wildman–Crippen MR) is 101 cm³/mol. The third-order valence-electron chi connectivity index (χ3n) is 5.06. The zero-order valence-corrected chi connectivity index (χ0v) is 16.3. The van der Waals surface area contributed by atoms with Gasteiger partial charge in [0.1, 0.15) is 23.7 Å². The highest BCUT2D eigenvalue weighted by atomic mass is 19.4. The van der Waals surface area contributed by atoms with Gasteiger partial charge in [0, 0.05) is 28.5 Å². The van der Waals surface area contributed by atoms with Crippen molar-refractivity contribution >= 4 is 17.2 Å². The lowest BCUT2D eigenvalue weighted by atomic mass is 9.85. The molecule has 1 amide bonds. The Labute approximate surface area is 173 Å². The van der Waals surface area contributed by atoms with Gasteiger partial charge in [-0.25, -0.2) is 13.2 Å². The number of halogens is 6. The number of carbonyl (C=O) groups is 1. The van der Waals surface area contributed by atoms with Crippen LogP contribution in [0.1, 0.15) is 31.0 Å². The number of hydrogen-bond donors (Lipinski definition) is 3. The van der Waals surface area contributed by atoms with Crippen LogP contribution in [-0.4, -0.2) is 23.4 Å². The lowest BCUT2D eigenvalue weighted by Crippen LogP contribution is -2.40. The van der Waals surface area contributed by atoms with E-state index in [2.05, 4.69) is 10.6 Å². The maximum atomic E-state index is 14.0. The molecule has 166 valence electrons. The molecule has 0 spiro atoms. The summed E-state index contributed by atoms with van der Waals surface area (Å²) in [5.74, 6) is -5.12. The van der Waals surface area contributed by atoms with E-state index < -0.39 is 64.4 Å². The molecule has 1 heterocycles. The molecule has 0 aromatic heterocycles. The van der Waals surface area contributed by atoms with Crippen molar-refractivity contribution in [3.8, 4) is 0 Å². The zero-order valence-electron chi connectivity index (χ0n) is 16.3. The summed E-state index contributed by atoms with van der Waals surface area (Å²) in [6, 6.07) is 4.37. The van der Waals surface area contributed by atoms with Crippen molar-refractivity contribution < 1.29 is 36.2 Å². The molecule has 3 N–H and O–H groups in total. The molecule has 3 atom stereocenters. The zero-order chi connectivity index (χ0) is 23.1. The monoisotopic (exact) mass is 444 g/mol. The SMILES string of the molecule is C[C@@H](C(=O)N[C@@H](C)c1ccc(F)cc1F)C1=C(C(F)(F)F)c2cc(F)ccc2NC1O. The number of nitrogens with one attached hydrogen (secondary N) is 2. The average molecular weight is 444 g/mol. The Balaban J connectivity index is 1.98. The minimum absolute atomic E-state index is 0.0679. The number of hydrogen-bond acceptors (Lipinski definition) is 3. The van der Waals surface area contributed by atoms with Gasteiger partial charge in [-0.2, -0.15) is 13.2 Å². The largest absolute Gasteiger partial charge is 0.417 e. The van der Waals surface area contributed by atoms with Crippen LogP contribution in [0, 0.1) is 23.4 Å². The van der Waals surface area contributed by atoms with Gasteiger partial charge >= 0.3 is 6.18 Å². The summed E-state index contributed by atoms with van der Waals surface area (Å²) in [5.41, 5.74) is -2.77. The molecule has 2 aromatic rings. The lowest BCUT2D eigenvalue weighted by molar-refractivity contribution is -0.124. The first-order valence-corrected chi connectivity index (χ1v) is 9.21. The first-order chi connectivity index (χ1) is 14.4. The van der Waals surface area contributed by atoms with E-state index in [-0.39, 0.29) is 11.3 Å². The van der Waals surface area contributed by atoms with E-state index >= 15 is 0 Å². The Morgan fingerprint density at radius 1 is 1.06 bits per heavy atom. The van der Waals surface area contributed by atoms with Gasteiger partial charge in [0.25, 0.3) is 0 Å². The topological polar surface area (TPSA) is 61.4 Å². The van der Waals surface area contributed by atoms with Gasteiger partial charge in [-0.15, -0.1) is 0 Å². The van der Waals surface area contributed by atoms with Crippen LogP contribution in [0.5, 0.6) is 0 Å². The van der Waals surface area contributed by atoms with Crippen LogP contribution < -0.4 is 10.6 Å². The molecule has 1 aliphatic heterocycles. The van der Waals surface area contributed by atoms with Crippen molar-refractivity contribution in [2.75, 3.05) is 5.32 Å². The number of anilines is 1. The van der Waals surface area contributed by atoms with Gasteiger partial charge in [-0.1, -0.05) is 6.07 Å². The third kappa shape index (κ3) is 4.53. The molecule has 0 aliphatic carbocycles. The smallest absolute Gasteiger partial charge is 0.370 e. The summed E-state index contributed by atoms with van der Waals surface area (Å²) in [7, 11) is 0. The van der Waals surface area contributed by atoms with E-state index in [1.807, 2.05) is 0 Å². The molecule has 0 fully saturated rings. The molecular weight excluding hydrogens is 426 g/mol. The fourth-order valence-electron chi connectivity index (χ4n) is 3.55. The van der Waals surface area contributed by atoms with E-state index in [1.165, 1.54) is 6.92 Å². The predicted octanol–water partition coefficient (Wildman–Crippen LogP) is 4.68. The molecule has 0 radical (unpaired) electrons. The lowest BCUT2D eigenvalue weighted by Gasteiger charge is -2.33. The molecule has 1 unspecified atom stereocenters. The van der Waals surface area contributed by atoms with Crippen LogP contribution in [0.2, 0.25) is 0 Å². The van der Waals surface area contributed by atoms with Crippen LogP contribution in [0.3, 0.4) is 0 Å². The number of alkyl halides is 3. The average Bonchev–Trinajstić information content (AvgIpc) is 2.65. The number of amides is 1. The molecule has 2 aromatic carbocycles. The maximum absolute atomic E-state index is 14.0. The van der Waals surface area contributed by atoms with Crippen LogP contribution in [-0.2, 0) is 4.79 Å². The number of carbonyl (C=O) groups excluding carboxylic acids is 1. The molecule has 10 heteroatoms. The van der Waals surface area contributed by atoms with Gasteiger partial charge in [0.15, 0.2) is 0 Å². The van der Waals surface area contributed by atoms with Crippen LogP contribution in [0.25, 0.3) is 5.57 Å². The molecule has 3 rings (SSSR count). The first-order valence-electron chi connectivity index (χ1n) is 9.21. The highest BCUT2D eigenvalue weighted by Gasteiger charge is 2.45. The van der Waals surface area contributed by atoms with Crippen molar-refractivity contribution in [2.45, 2.75) is 32.3 Å². The van der Waals surface area contributed by atoms with Crippen LogP contribution in [0.15, 0.2) is 42.0 Å². The quantitative estimate of drug-likeness (QED) is 0.601. The first kappa shape index (κ1) is 22.7. The summed E-state index contributed by atoms with van der Waals surface area (Å²) in [4.78, 5) is 12.7. The Bertz CT molecular complexity index is 1050. The minimum atomic E-state index is -5.00. The minimum Gasteiger partial charge on any atom is -0.370 e. The van der Waals surface area contributed by atoms with Crippen LogP contribution in [0.4, 0.5) is 32.0 Å². The van der Waals surface area contributed by atoms with Crippen molar-refractivity contribution in [1.29, 1.82) is 0 Å². The second-order valence-electron chi connectivity index (χ2n) is 7.18. The van der Waals surface area contributed by atoms with Crippen molar-refractivity contribution in [2.24, 2.45) is 5.92 Å². The molecular formula is C21H18F6N2O2. The van der Waals surface area contributed by atoms with Gasteiger partial charge < -0.3 is 15.7 Å². The highest BCUT2D eigenvalue weighted by Crippen LogP contribution is 2.45. The number of allylic oxidation sites excluding steroid dienone is 1. The fraction of sp³-hybridized carbons (Fsp3) is 0.286. The summed E-state index contributed by atoms with van der Waals surface area (Å²) in [6.45, 7) is 2.51. The Hall–Kier alpha value is -3.01. The standard InChI is InChI=1S/C21H18F6N2O2/c1-9(19(30)28-10(2)13-5-3-12(23)8-15(13)24)17-18(21(25,26)27)14-7-11(22)4-6-16(14)29-20(17)31/h3-10,20,29,31H,1-2H3,(H,28,30)/t9-,10+,20?/m1/s1. The molecule has 31 heavy (non-hydrogen) atoms. The summed E-state index contributed by atoms with van der Waals surface area (Å²) >= 11 is 0. The molecule has 0 bridgehead atoms. The maximum Gasteiger partial charge on any atom is 0.417 e. The number of aliphatic hydroxyl groups is 1. The van der Waals surface area contributed by atoms with Gasteiger partial charge in [-0.3, -0.25) is 4.79 Å². The van der Waals surface area contributed by atoms with Crippen LogP contribution >= 0.6 is 0 Å². The molecule has 1 aliphatic rings. The summed E-state index contributed by atoms with van der Waals surface area (Å²) in [6.07, 6.45) is -6.86. The Morgan fingerprint density at radius 2 is 1.68 bits per heavy atom. The van der Waals surface area contributed by atoms with E-state index in [9.17, 15) is 36.2 Å². The second kappa shape index (κ2) is 8.26. The fourth-order valence-corrected chi connectivity index (χ4v) is 3.55. The van der Waals surface area contributed by atoms with E-state index in [4.69, 9.17) is 0 Å². The third-order valence-corrected chi connectivity index (χ3v) is 5.06. The molecule has 4 nitrogen and oxygen atoms in total. The Kier molecular flexibility index (Phi) is 6.04.